The van der Waals surface area contributed by atoms with Crippen molar-refractivity contribution in [3.05, 3.63) is 0 Å². The summed E-state index contributed by atoms with van der Waals surface area (Å²) in [5.74, 6) is 0. The Morgan fingerprint density at radius 3 is 3.08 bits per heavy atom. The summed E-state index contributed by atoms with van der Waals surface area (Å²) in [5.41, 5.74) is 2.14. The average molecular weight is 172 g/mol. The molecule has 68 valence electrons. The van der Waals surface area contributed by atoms with Gasteiger partial charge in [-0.2, -0.15) is 0 Å². The molecule has 1 N–H and O–H groups in total. The molecule has 1 rings (SSSR count). The van der Waals surface area contributed by atoms with Crippen molar-refractivity contribution < 1.29 is 14.4 Å². The highest BCUT2D eigenvalue weighted by molar-refractivity contribution is 5.78. The number of unbranched alkanes of at least 4 members (excludes halogenated alkanes) is 1. The first kappa shape index (κ1) is 8.99. The standard InChI is InChI=1S/C7H12N2O3/c1-2-3-4-9-6(5-10)12-8-7(9)11/h5-6H,2-4H2,1H3,(H,8,11). The molecule has 1 heterocycles. The summed E-state index contributed by atoms with van der Waals surface area (Å²) < 4.78 is 0. The average Bonchev–Trinajstić information content (AvgIpc) is 2.43. The van der Waals surface area contributed by atoms with Crippen LogP contribution in [-0.4, -0.2) is 30.0 Å². The normalized spacial score (nSPS) is 22.6. The number of hydrogen-bond acceptors (Lipinski definition) is 3. The lowest BCUT2D eigenvalue weighted by molar-refractivity contribution is -0.124. The lowest BCUT2D eigenvalue weighted by Crippen LogP contribution is -2.35. The molecular weight excluding hydrogens is 160 g/mol. The third-order valence-electron chi connectivity index (χ3n) is 1.70. The van der Waals surface area contributed by atoms with Crippen molar-refractivity contribution in [1.82, 2.24) is 10.4 Å². The van der Waals surface area contributed by atoms with Crippen LogP contribution in [0.1, 0.15) is 19.8 Å². The molecule has 0 radical (unpaired) electrons. The van der Waals surface area contributed by atoms with Crippen molar-refractivity contribution >= 4 is 12.3 Å². The number of nitrogens with zero attached hydrogens (tertiary/aromatic N) is 1. The lowest BCUT2D eigenvalue weighted by Gasteiger charge is -2.15. The minimum absolute atomic E-state index is 0.333. The second-order valence-electron chi connectivity index (χ2n) is 2.60. The third kappa shape index (κ3) is 1.73. The number of aldehydes is 1. The molecule has 1 unspecified atom stereocenters. The number of carbonyl (C=O) groups excluding carboxylic acids is 2. The predicted octanol–water partition coefficient (Wildman–Crippen LogP) is 0.268. The zero-order chi connectivity index (χ0) is 8.97. The monoisotopic (exact) mass is 172 g/mol. The minimum Gasteiger partial charge on any atom is -0.298 e. The smallest absolute Gasteiger partial charge is 0.298 e. The fourth-order valence-electron chi connectivity index (χ4n) is 1.01. The van der Waals surface area contributed by atoms with Gasteiger partial charge in [-0.15, -0.1) is 0 Å². The molecule has 5 nitrogen and oxygen atoms in total. The molecule has 12 heavy (non-hydrogen) atoms. The van der Waals surface area contributed by atoms with Gasteiger partial charge in [-0.1, -0.05) is 13.3 Å². The maximum Gasteiger partial charge on any atom is 0.343 e. The van der Waals surface area contributed by atoms with E-state index < -0.39 is 6.23 Å². The van der Waals surface area contributed by atoms with E-state index in [9.17, 15) is 9.59 Å². The molecule has 1 fully saturated rings. The highest BCUT2D eigenvalue weighted by atomic mass is 16.7. The third-order valence-corrected chi connectivity index (χ3v) is 1.70. The van der Waals surface area contributed by atoms with Crippen molar-refractivity contribution in [3.63, 3.8) is 0 Å². The number of urea groups is 1. The van der Waals surface area contributed by atoms with Gasteiger partial charge in [0, 0.05) is 6.54 Å². The highest BCUT2D eigenvalue weighted by Gasteiger charge is 2.30. The summed E-state index contributed by atoms with van der Waals surface area (Å²) in [6.45, 7) is 2.58. The molecule has 0 aromatic heterocycles. The Kier molecular flexibility index (Phi) is 3.04. The molecule has 1 saturated heterocycles. The molecule has 1 aliphatic heterocycles. The van der Waals surface area contributed by atoms with E-state index in [2.05, 4.69) is 10.3 Å². The second-order valence-corrected chi connectivity index (χ2v) is 2.60. The predicted molar refractivity (Wildman–Crippen MR) is 41.1 cm³/mol. The molecule has 0 bridgehead atoms. The van der Waals surface area contributed by atoms with Crippen LogP contribution in [0.5, 0.6) is 0 Å². The van der Waals surface area contributed by atoms with Gasteiger partial charge in [0.1, 0.15) is 0 Å². The van der Waals surface area contributed by atoms with Gasteiger partial charge in [-0.05, 0) is 6.42 Å². The van der Waals surface area contributed by atoms with Crippen LogP contribution in [0, 0.1) is 0 Å². The second kappa shape index (κ2) is 4.06. The van der Waals surface area contributed by atoms with Crippen molar-refractivity contribution in [2.75, 3.05) is 6.54 Å². The molecule has 0 aromatic carbocycles. The van der Waals surface area contributed by atoms with Gasteiger partial charge in [0.25, 0.3) is 0 Å². The van der Waals surface area contributed by atoms with Crippen molar-refractivity contribution in [1.29, 1.82) is 0 Å². The fraction of sp³-hybridized carbons (Fsp3) is 0.714. The summed E-state index contributed by atoms with van der Waals surface area (Å²) in [5, 5.41) is 0. The summed E-state index contributed by atoms with van der Waals surface area (Å²) in [7, 11) is 0. The van der Waals surface area contributed by atoms with Gasteiger partial charge in [-0.3, -0.25) is 9.69 Å². The Morgan fingerprint density at radius 1 is 1.75 bits per heavy atom. The Morgan fingerprint density at radius 2 is 2.50 bits per heavy atom. The van der Waals surface area contributed by atoms with E-state index in [-0.39, 0.29) is 6.03 Å². The first-order valence-corrected chi connectivity index (χ1v) is 3.97. The molecule has 1 atom stereocenters. The summed E-state index contributed by atoms with van der Waals surface area (Å²) in [6.07, 6.45) is 1.72. The van der Waals surface area contributed by atoms with Crippen LogP contribution in [0.2, 0.25) is 0 Å². The SMILES string of the molecule is CCCCN1C(=O)NOC1C=O. The van der Waals surface area contributed by atoms with Gasteiger partial charge >= 0.3 is 6.03 Å². The molecule has 2 amide bonds. The molecule has 0 spiro atoms. The zero-order valence-electron chi connectivity index (χ0n) is 6.95. The van der Waals surface area contributed by atoms with E-state index in [0.29, 0.717) is 12.8 Å². The highest BCUT2D eigenvalue weighted by Crippen LogP contribution is 2.07. The Hall–Kier alpha value is -1.10. The molecule has 5 heteroatoms. The number of hydroxylamine groups is 1. The van der Waals surface area contributed by atoms with Crippen LogP contribution in [0.3, 0.4) is 0 Å². The van der Waals surface area contributed by atoms with E-state index >= 15 is 0 Å². The number of rotatable bonds is 4. The van der Waals surface area contributed by atoms with Crippen LogP contribution < -0.4 is 5.48 Å². The van der Waals surface area contributed by atoms with Crippen LogP contribution in [0.4, 0.5) is 4.79 Å². The van der Waals surface area contributed by atoms with E-state index in [4.69, 9.17) is 0 Å². The molecule has 0 aromatic rings. The van der Waals surface area contributed by atoms with Gasteiger partial charge in [0.2, 0.25) is 6.23 Å². The topological polar surface area (TPSA) is 58.6 Å². The Bertz CT molecular complexity index is 183. The van der Waals surface area contributed by atoms with E-state index in [0.717, 1.165) is 12.8 Å². The maximum atomic E-state index is 11.0. The van der Waals surface area contributed by atoms with E-state index in [1.807, 2.05) is 6.92 Å². The molecular formula is C7H12N2O3. The van der Waals surface area contributed by atoms with Crippen molar-refractivity contribution in [2.24, 2.45) is 0 Å². The molecule has 0 saturated carbocycles. The summed E-state index contributed by atoms with van der Waals surface area (Å²) >= 11 is 0. The van der Waals surface area contributed by atoms with Crippen LogP contribution in [-0.2, 0) is 9.63 Å². The first-order valence-electron chi connectivity index (χ1n) is 3.97. The van der Waals surface area contributed by atoms with E-state index in [1.165, 1.54) is 4.90 Å². The lowest BCUT2D eigenvalue weighted by atomic mass is 10.3. The van der Waals surface area contributed by atoms with Crippen LogP contribution in [0.15, 0.2) is 0 Å². The number of nitrogens with one attached hydrogen (secondary N) is 1. The van der Waals surface area contributed by atoms with Gasteiger partial charge < -0.3 is 0 Å². The molecule has 0 aliphatic carbocycles. The van der Waals surface area contributed by atoms with Gasteiger partial charge in [0.05, 0.1) is 0 Å². The van der Waals surface area contributed by atoms with Crippen molar-refractivity contribution in [3.8, 4) is 0 Å². The Balaban J connectivity index is 2.46. The van der Waals surface area contributed by atoms with E-state index in [1.54, 1.807) is 0 Å². The van der Waals surface area contributed by atoms with Crippen LogP contribution in [0.25, 0.3) is 0 Å². The molecule has 1 aliphatic rings. The quantitative estimate of drug-likeness (QED) is 0.619. The fourth-order valence-corrected chi connectivity index (χ4v) is 1.01. The summed E-state index contributed by atoms with van der Waals surface area (Å²) in [6, 6.07) is -0.333. The van der Waals surface area contributed by atoms with Crippen molar-refractivity contribution in [2.45, 2.75) is 26.0 Å². The number of amides is 2. The zero-order valence-corrected chi connectivity index (χ0v) is 6.95. The van der Waals surface area contributed by atoms with Crippen LogP contribution >= 0.6 is 0 Å². The number of carbonyl (C=O) groups is 2. The minimum atomic E-state index is -0.746. The summed E-state index contributed by atoms with van der Waals surface area (Å²) in [4.78, 5) is 27.4. The first-order chi connectivity index (χ1) is 5.79. The van der Waals surface area contributed by atoms with Gasteiger partial charge in [0.15, 0.2) is 6.29 Å². The Labute approximate surface area is 70.6 Å². The largest absolute Gasteiger partial charge is 0.343 e. The van der Waals surface area contributed by atoms with Gasteiger partial charge in [-0.25, -0.2) is 15.1 Å². The maximum absolute atomic E-state index is 11.0. The number of hydrogen-bond donors (Lipinski definition) is 1.